The minimum absolute atomic E-state index is 0.730. The summed E-state index contributed by atoms with van der Waals surface area (Å²) in [6, 6.07) is 1.52. The monoisotopic (exact) mass is 224 g/mol. The highest BCUT2D eigenvalue weighted by atomic mass is 15.0. The first-order valence-corrected chi connectivity index (χ1v) is 7.29. The average Bonchev–Trinajstić information content (AvgIpc) is 2.77. The van der Waals surface area contributed by atoms with Crippen molar-refractivity contribution in [1.29, 1.82) is 0 Å². The highest BCUT2D eigenvalue weighted by Crippen LogP contribution is 2.30. The predicted molar refractivity (Wildman–Crippen MR) is 69.4 cm³/mol. The second-order valence-electron chi connectivity index (χ2n) is 5.83. The number of nitrogens with one attached hydrogen (secondary N) is 1. The van der Waals surface area contributed by atoms with E-state index in [-0.39, 0.29) is 0 Å². The molecule has 0 aliphatic heterocycles. The van der Waals surface area contributed by atoms with Crippen LogP contribution in [0.15, 0.2) is 0 Å². The molecule has 2 fully saturated rings. The van der Waals surface area contributed by atoms with E-state index in [1.54, 1.807) is 0 Å². The van der Waals surface area contributed by atoms with Crippen LogP contribution >= 0.6 is 0 Å². The molecule has 2 saturated carbocycles. The van der Waals surface area contributed by atoms with Crippen molar-refractivity contribution in [3.8, 4) is 0 Å². The molecule has 0 amide bonds. The van der Waals surface area contributed by atoms with E-state index < -0.39 is 0 Å². The molecule has 0 heterocycles. The molecule has 0 aromatic heterocycles. The first kappa shape index (κ1) is 12.4. The summed E-state index contributed by atoms with van der Waals surface area (Å²) in [5, 5.41) is 3.88. The molecule has 0 aromatic carbocycles. The van der Waals surface area contributed by atoms with Crippen LogP contribution in [-0.4, -0.2) is 18.6 Å². The Kier molecular flexibility index (Phi) is 4.66. The Morgan fingerprint density at radius 3 is 2.44 bits per heavy atom. The van der Waals surface area contributed by atoms with Gasteiger partial charge in [-0.1, -0.05) is 19.8 Å². The van der Waals surface area contributed by atoms with Gasteiger partial charge >= 0.3 is 0 Å². The molecule has 2 aliphatic carbocycles. The van der Waals surface area contributed by atoms with Crippen LogP contribution in [-0.2, 0) is 0 Å². The van der Waals surface area contributed by atoms with Gasteiger partial charge in [0.2, 0.25) is 0 Å². The fourth-order valence-corrected chi connectivity index (χ4v) is 3.58. The smallest absolute Gasteiger partial charge is 0.0110 e. The van der Waals surface area contributed by atoms with E-state index >= 15 is 0 Å². The number of hydrogen-bond donors (Lipinski definition) is 2. The zero-order valence-corrected chi connectivity index (χ0v) is 10.8. The Morgan fingerprint density at radius 1 is 1.06 bits per heavy atom. The van der Waals surface area contributed by atoms with Gasteiger partial charge in [-0.3, -0.25) is 0 Å². The van der Waals surface area contributed by atoms with Crippen LogP contribution in [0.4, 0.5) is 0 Å². The average molecular weight is 224 g/mol. The zero-order valence-electron chi connectivity index (χ0n) is 10.8. The lowest BCUT2D eigenvalue weighted by Gasteiger charge is -2.32. The number of nitrogens with two attached hydrogens (primary N) is 1. The second-order valence-corrected chi connectivity index (χ2v) is 5.83. The van der Waals surface area contributed by atoms with Crippen LogP contribution in [0.1, 0.15) is 58.3 Å². The molecule has 0 saturated heterocycles. The molecular formula is C14H28N2. The molecular weight excluding hydrogens is 196 g/mol. The van der Waals surface area contributed by atoms with Crippen molar-refractivity contribution in [1.82, 2.24) is 5.32 Å². The molecule has 3 N–H and O–H groups in total. The molecule has 0 bridgehead atoms. The summed E-state index contributed by atoms with van der Waals surface area (Å²) in [7, 11) is 0. The highest BCUT2D eigenvalue weighted by Gasteiger charge is 2.29. The molecule has 2 atom stereocenters. The van der Waals surface area contributed by atoms with Gasteiger partial charge in [0, 0.05) is 12.1 Å². The van der Waals surface area contributed by atoms with Crippen LogP contribution in [0, 0.1) is 11.8 Å². The van der Waals surface area contributed by atoms with Gasteiger partial charge < -0.3 is 11.1 Å². The van der Waals surface area contributed by atoms with E-state index in [0.29, 0.717) is 0 Å². The summed E-state index contributed by atoms with van der Waals surface area (Å²) in [4.78, 5) is 0. The zero-order chi connectivity index (χ0) is 11.4. The van der Waals surface area contributed by atoms with Gasteiger partial charge in [-0.25, -0.2) is 0 Å². The fraction of sp³-hybridized carbons (Fsp3) is 1.00. The van der Waals surface area contributed by atoms with Crippen LogP contribution in [0.5, 0.6) is 0 Å². The van der Waals surface area contributed by atoms with Crippen molar-refractivity contribution >= 4 is 0 Å². The van der Waals surface area contributed by atoms with Gasteiger partial charge in [0.1, 0.15) is 0 Å². The SMILES string of the molecule is CCC1CCC(NC2CCCC2CN)CC1. The first-order valence-electron chi connectivity index (χ1n) is 7.29. The van der Waals surface area contributed by atoms with E-state index in [1.165, 1.54) is 51.4 Å². The number of hydrogen-bond acceptors (Lipinski definition) is 2. The normalized spacial score (nSPS) is 40.1. The Morgan fingerprint density at radius 2 is 1.81 bits per heavy atom. The molecule has 0 radical (unpaired) electrons. The van der Waals surface area contributed by atoms with Crippen LogP contribution in [0.3, 0.4) is 0 Å². The van der Waals surface area contributed by atoms with Crippen molar-refractivity contribution in [2.75, 3.05) is 6.54 Å². The van der Waals surface area contributed by atoms with E-state index in [0.717, 1.165) is 30.5 Å². The Labute approximate surface area is 100 Å². The van der Waals surface area contributed by atoms with Gasteiger partial charge in [0.25, 0.3) is 0 Å². The molecule has 2 unspecified atom stereocenters. The third-order valence-electron chi connectivity index (χ3n) is 4.84. The quantitative estimate of drug-likeness (QED) is 0.770. The van der Waals surface area contributed by atoms with Gasteiger partial charge in [0.05, 0.1) is 0 Å². The maximum Gasteiger partial charge on any atom is 0.0110 e. The van der Waals surface area contributed by atoms with E-state index in [2.05, 4.69) is 12.2 Å². The molecule has 0 aromatic rings. The Bertz CT molecular complexity index is 197. The lowest BCUT2D eigenvalue weighted by Crippen LogP contribution is -2.43. The molecule has 2 nitrogen and oxygen atoms in total. The summed E-state index contributed by atoms with van der Waals surface area (Å²) >= 11 is 0. The van der Waals surface area contributed by atoms with Gasteiger partial charge in [-0.05, 0) is 56.9 Å². The van der Waals surface area contributed by atoms with Crippen molar-refractivity contribution in [2.45, 2.75) is 70.4 Å². The molecule has 2 heteroatoms. The maximum absolute atomic E-state index is 5.83. The Balaban J connectivity index is 1.73. The summed E-state index contributed by atoms with van der Waals surface area (Å²) in [5.41, 5.74) is 5.83. The van der Waals surface area contributed by atoms with Gasteiger partial charge in [-0.15, -0.1) is 0 Å². The molecule has 16 heavy (non-hydrogen) atoms. The standard InChI is InChI=1S/C14H28N2/c1-2-11-6-8-13(9-7-11)16-14-5-3-4-12(14)10-15/h11-14,16H,2-10,15H2,1H3. The maximum atomic E-state index is 5.83. The van der Waals surface area contributed by atoms with Crippen LogP contribution in [0.2, 0.25) is 0 Å². The van der Waals surface area contributed by atoms with E-state index in [4.69, 9.17) is 5.73 Å². The third kappa shape index (κ3) is 2.98. The molecule has 2 aliphatic rings. The minimum atomic E-state index is 0.730. The molecule has 2 rings (SSSR count). The summed E-state index contributed by atoms with van der Waals surface area (Å²) < 4.78 is 0. The highest BCUT2D eigenvalue weighted by molar-refractivity contribution is 4.87. The topological polar surface area (TPSA) is 38.0 Å². The molecule has 0 spiro atoms. The van der Waals surface area contributed by atoms with Gasteiger partial charge in [-0.2, -0.15) is 0 Å². The summed E-state index contributed by atoms with van der Waals surface area (Å²) in [6.45, 7) is 3.21. The van der Waals surface area contributed by atoms with Crippen LogP contribution in [0.25, 0.3) is 0 Å². The van der Waals surface area contributed by atoms with Crippen molar-refractivity contribution in [3.05, 3.63) is 0 Å². The first-order chi connectivity index (χ1) is 7.83. The summed E-state index contributed by atoms with van der Waals surface area (Å²) in [5.74, 6) is 1.76. The van der Waals surface area contributed by atoms with Gasteiger partial charge in [0.15, 0.2) is 0 Å². The minimum Gasteiger partial charge on any atom is -0.330 e. The predicted octanol–water partition coefficient (Wildman–Crippen LogP) is 2.67. The number of rotatable bonds is 4. The Hall–Kier alpha value is -0.0800. The fourth-order valence-electron chi connectivity index (χ4n) is 3.58. The van der Waals surface area contributed by atoms with Crippen molar-refractivity contribution in [2.24, 2.45) is 17.6 Å². The summed E-state index contributed by atoms with van der Waals surface area (Å²) in [6.07, 6.45) is 11.1. The van der Waals surface area contributed by atoms with Crippen molar-refractivity contribution < 1.29 is 0 Å². The lowest BCUT2D eigenvalue weighted by molar-refractivity contribution is 0.253. The lowest BCUT2D eigenvalue weighted by atomic mass is 9.84. The third-order valence-corrected chi connectivity index (χ3v) is 4.84. The van der Waals surface area contributed by atoms with E-state index in [1.807, 2.05) is 0 Å². The molecule has 94 valence electrons. The largest absolute Gasteiger partial charge is 0.330 e. The van der Waals surface area contributed by atoms with E-state index in [9.17, 15) is 0 Å². The van der Waals surface area contributed by atoms with Crippen LogP contribution < -0.4 is 11.1 Å². The van der Waals surface area contributed by atoms with Crippen molar-refractivity contribution in [3.63, 3.8) is 0 Å². The second kappa shape index (κ2) is 6.02.